The molecule has 9 heteroatoms. The van der Waals surface area contributed by atoms with Crippen LogP contribution in [0.5, 0.6) is 5.75 Å². The largest absolute Gasteiger partial charge is 0.508 e. The predicted octanol–water partition coefficient (Wildman–Crippen LogP) is 4.75. The average Bonchev–Trinajstić information content (AvgIpc) is 2.83. The van der Waals surface area contributed by atoms with Crippen LogP contribution in [-0.2, 0) is 4.79 Å². The number of nitrogens with zero attached hydrogens (tertiary/aromatic N) is 4. The van der Waals surface area contributed by atoms with Crippen LogP contribution in [0.2, 0.25) is 5.02 Å². The van der Waals surface area contributed by atoms with Gasteiger partial charge in [0.25, 0.3) is 0 Å². The zero-order valence-corrected chi connectivity index (χ0v) is 19.8. The highest BCUT2D eigenvalue weighted by atomic mass is 35.5. The number of hydrogen-bond acceptors (Lipinski definition) is 6. The van der Waals surface area contributed by atoms with Crippen LogP contribution in [0.3, 0.4) is 0 Å². The number of phenols is 1. The highest BCUT2D eigenvalue weighted by Gasteiger charge is 2.29. The highest BCUT2D eigenvalue weighted by Crippen LogP contribution is 2.42. The van der Waals surface area contributed by atoms with Gasteiger partial charge in [-0.05, 0) is 47.5 Å². The first kappa shape index (κ1) is 22.9. The Balaban J connectivity index is 1.68. The first-order chi connectivity index (χ1) is 16.8. The fourth-order valence-corrected chi connectivity index (χ4v) is 5.06. The molecule has 0 bridgehead atoms. The number of nitrogen functional groups attached to an aromatic ring is 1. The van der Waals surface area contributed by atoms with Crippen LogP contribution in [0.4, 0.5) is 16.2 Å². The first-order valence-electron chi connectivity index (χ1n) is 11.1. The van der Waals surface area contributed by atoms with Gasteiger partial charge in [0.2, 0.25) is 11.9 Å². The maximum absolute atomic E-state index is 16.1. The molecule has 1 aromatic heterocycles. The second-order valence-electron chi connectivity index (χ2n) is 8.59. The van der Waals surface area contributed by atoms with Gasteiger partial charge in [0, 0.05) is 36.6 Å². The van der Waals surface area contributed by atoms with E-state index in [0.29, 0.717) is 36.4 Å². The van der Waals surface area contributed by atoms with Crippen LogP contribution < -0.4 is 10.6 Å². The minimum atomic E-state index is -0.647. The van der Waals surface area contributed by atoms with Crippen molar-refractivity contribution < 1.29 is 14.3 Å². The maximum Gasteiger partial charge on any atom is 0.246 e. The van der Waals surface area contributed by atoms with Crippen LogP contribution in [-0.4, -0.2) is 51.6 Å². The van der Waals surface area contributed by atoms with Crippen molar-refractivity contribution in [3.05, 3.63) is 66.0 Å². The third-order valence-corrected chi connectivity index (χ3v) is 6.68. The van der Waals surface area contributed by atoms with E-state index in [9.17, 15) is 9.90 Å². The lowest BCUT2D eigenvalue weighted by Crippen LogP contribution is -2.53. The summed E-state index contributed by atoms with van der Waals surface area (Å²) in [4.78, 5) is 24.4. The second-order valence-corrected chi connectivity index (χ2v) is 9.00. The normalized spacial score (nSPS) is 16.1. The average molecular weight is 492 g/mol. The number of aromatic nitrogens is 2. The van der Waals surface area contributed by atoms with Gasteiger partial charge in [-0.2, -0.15) is 4.98 Å². The van der Waals surface area contributed by atoms with Crippen molar-refractivity contribution in [1.82, 2.24) is 14.9 Å². The Morgan fingerprint density at radius 3 is 2.74 bits per heavy atom. The highest BCUT2D eigenvalue weighted by molar-refractivity contribution is 6.35. The summed E-state index contributed by atoms with van der Waals surface area (Å²) in [5, 5.41) is 12.4. The van der Waals surface area contributed by atoms with E-state index < -0.39 is 5.82 Å². The summed E-state index contributed by atoms with van der Waals surface area (Å²) in [5.41, 5.74) is 6.64. The number of fused-ring (bicyclic) bond motifs is 2. The van der Waals surface area contributed by atoms with E-state index in [1.807, 2.05) is 36.1 Å². The van der Waals surface area contributed by atoms with Gasteiger partial charge in [-0.3, -0.25) is 4.79 Å². The van der Waals surface area contributed by atoms with Crippen molar-refractivity contribution in [2.24, 2.45) is 0 Å². The van der Waals surface area contributed by atoms with Crippen molar-refractivity contribution in [2.45, 2.75) is 13.0 Å². The fraction of sp³-hybridized carbons (Fsp3) is 0.192. The van der Waals surface area contributed by atoms with Crippen LogP contribution in [0.25, 0.3) is 32.8 Å². The number of aromatic hydroxyl groups is 1. The van der Waals surface area contributed by atoms with Crippen molar-refractivity contribution in [3.63, 3.8) is 0 Å². The Labute approximate surface area is 206 Å². The molecule has 1 atom stereocenters. The van der Waals surface area contributed by atoms with Crippen LogP contribution >= 0.6 is 11.6 Å². The first-order valence-corrected chi connectivity index (χ1v) is 11.5. The van der Waals surface area contributed by atoms with E-state index in [0.717, 1.165) is 10.8 Å². The number of hydrogen-bond donors (Lipinski definition) is 2. The Morgan fingerprint density at radius 1 is 1.23 bits per heavy atom. The molecule has 1 aliphatic heterocycles. The molecule has 1 fully saturated rings. The van der Waals surface area contributed by atoms with Gasteiger partial charge in [0.05, 0.1) is 5.02 Å². The van der Waals surface area contributed by atoms with Crippen LogP contribution in [0.15, 0.2) is 55.1 Å². The number of rotatable bonds is 3. The summed E-state index contributed by atoms with van der Waals surface area (Å²) in [6.45, 7) is 6.91. The number of piperazine rings is 1. The third-order valence-electron chi connectivity index (χ3n) is 6.38. The molecular weight excluding hydrogens is 469 g/mol. The summed E-state index contributed by atoms with van der Waals surface area (Å²) in [6.07, 6.45) is 1.29. The Bertz CT molecular complexity index is 1510. The van der Waals surface area contributed by atoms with E-state index in [2.05, 4.69) is 16.5 Å². The van der Waals surface area contributed by atoms with Gasteiger partial charge in [0.15, 0.2) is 5.82 Å². The van der Waals surface area contributed by atoms with Crippen molar-refractivity contribution in [1.29, 1.82) is 0 Å². The van der Waals surface area contributed by atoms with E-state index in [4.69, 9.17) is 17.3 Å². The molecule has 0 aliphatic carbocycles. The molecule has 178 valence electrons. The van der Waals surface area contributed by atoms with E-state index in [1.165, 1.54) is 12.1 Å². The molecule has 0 radical (unpaired) electrons. The van der Waals surface area contributed by atoms with Crippen LogP contribution in [0, 0.1) is 5.82 Å². The van der Waals surface area contributed by atoms with E-state index in [-0.39, 0.29) is 39.7 Å². The zero-order chi connectivity index (χ0) is 24.9. The Kier molecular flexibility index (Phi) is 5.68. The molecule has 0 saturated carbocycles. The number of amides is 1. The summed E-state index contributed by atoms with van der Waals surface area (Å²) >= 11 is 6.68. The molecule has 2 heterocycles. The molecule has 3 aromatic carbocycles. The zero-order valence-electron chi connectivity index (χ0n) is 19.0. The third kappa shape index (κ3) is 3.89. The van der Waals surface area contributed by atoms with Gasteiger partial charge in [0.1, 0.15) is 17.1 Å². The van der Waals surface area contributed by atoms with E-state index in [1.54, 1.807) is 17.0 Å². The fourth-order valence-electron chi connectivity index (χ4n) is 4.77. The van der Waals surface area contributed by atoms with Crippen molar-refractivity contribution in [3.8, 4) is 16.9 Å². The summed E-state index contributed by atoms with van der Waals surface area (Å²) in [5.74, 6) is -0.402. The summed E-state index contributed by atoms with van der Waals surface area (Å²) < 4.78 is 16.1. The number of benzene rings is 3. The molecule has 1 saturated heterocycles. The molecule has 0 unspecified atom stereocenters. The van der Waals surface area contributed by atoms with Crippen molar-refractivity contribution in [2.75, 3.05) is 30.3 Å². The summed E-state index contributed by atoms with van der Waals surface area (Å²) in [7, 11) is 0. The monoisotopic (exact) mass is 491 g/mol. The predicted molar refractivity (Wildman–Crippen MR) is 137 cm³/mol. The van der Waals surface area contributed by atoms with Gasteiger partial charge < -0.3 is 20.6 Å². The minimum absolute atomic E-state index is 0.00192. The van der Waals surface area contributed by atoms with Gasteiger partial charge in [-0.1, -0.05) is 42.4 Å². The number of carbonyl (C=O) groups excluding carboxylic acids is 1. The van der Waals surface area contributed by atoms with Gasteiger partial charge >= 0.3 is 0 Å². The summed E-state index contributed by atoms with van der Waals surface area (Å²) in [6, 6.07) is 12.0. The molecule has 5 rings (SSSR count). The quantitative estimate of drug-likeness (QED) is 0.401. The Hall–Kier alpha value is -3.91. The van der Waals surface area contributed by atoms with E-state index >= 15 is 4.39 Å². The number of carbonyl (C=O) groups is 1. The molecule has 35 heavy (non-hydrogen) atoms. The van der Waals surface area contributed by atoms with Crippen LogP contribution in [0.1, 0.15) is 6.92 Å². The molecule has 0 spiro atoms. The molecule has 7 nitrogen and oxygen atoms in total. The smallest absolute Gasteiger partial charge is 0.246 e. The number of phenolic OH excluding ortho intramolecular Hbond substituents is 1. The molecule has 3 N–H and O–H groups in total. The maximum atomic E-state index is 16.1. The second kappa shape index (κ2) is 8.70. The lowest BCUT2D eigenvalue weighted by molar-refractivity contribution is -0.126. The standard InChI is InChI=1S/C26H23ClFN5O2/c1-3-21(35)32-8-9-33(14(2)13-32)25-19-12-20(27)22(23(28)24(19)30-26(29)31-25)18-11-16(34)10-15-6-4-5-7-17(15)18/h3-7,10-12,14,34H,1,8-9,13H2,2H3,(H2,29,30,31)/t14-/m0/s1. The lowest BCUT2D eigenvalue weighted by atomic mass is 9.96. The Morgan fingerprint density at radius 2 is 2.00 bits per heavy atom. The molecule has 1 aliphatic rings. The lowest BCUT2D eigenvalue weighted by Gasteiger charge is -2.40. The number of nitrogens with two attached hydrogens (primary N) is 1. The van der Waals surface area contributed by atoms with Gasteiger partial charge in [-0.15, -0.1) is 0 Å². The molecular formula is C26H23ClFN5O2. The van der Waals surface area contributed by atoms with Gasteiger partial charge in [-0.25, -0.2) is 9.37 Å². The van der Waals surface area contributed by atoms with Crippen molar-refractivity contribution >= 4 is 50.9 Å². The number of halogens is 2. The molecule has 1 amide bonds. The molecule has 4 aromatic rings. The SMILES string of the molecule is C=CC(=O)N1CCN(c2nc(N)nc3c(F)c(-c4cc(O)cc5ccccc45)c(Cl)cc23)[C@@H](C)C1. The minimum Gasteiger partial charge on any atom is -0.508 e. The number of anilines is 2. The topological polar surface area (TPSA) is 95.6 Å².